The first-order valence-corrected chi connectivity index (χ1v) is 8.80. The predicted molar refractivity (Wildman–Crippen MR) is 108 cm³/mol. The Kier molecular flexibility index (Phi) is 5.55. The molecule has 0 aromatic heterocycles. The van der Waals surface area contributed by atoms with Crippen molar-refractivity contribution in [3.63, 3.8) is 0 Å². The summed E-state index contributed by atoms with van der Waals surface area (Å²) in [5.74, 6) is -0.218. The fraction of sp³-hybridized carbons (Fsp3) is 0.364. The van der Waals surface area contributed by atoms with Crippen molar-refractivity contribution >= 4 is 23.1 Å². The summed E-state index contributed by atoms with van der Waals surface area (Å²) in [5, 5.41) is 6.28. The van der Waals surface area contributed by atoms with E-state index in [1.807, 2.05) is 45.0 Å². The van der Waals surface area contributed by atoms with Gasteiger partial charge in [-0.25, -0.2) is 0 Å². The highest BCUT2D eigenvalue weighted by molar-refractivity contribution is 6.07. The van der Waals surface area contributed by atoms with E-state index in [4.69, 9.17) is 0 Å². The monoisotopic (exact) mass is 352 g/mol. The number of ketones is 1. The van der Waals surface area contributed by atoms with Crippen molar-refractivity contribution in [2.24, 2.45) is 5.41 Å². The lowest BCUT2D eigenvalue weighted by Gasteiger charge is -2.22. The third-order valence-electron chi connectivity index (χ3n) is 3.71. The normalized spacial score (nSPS) is 11.8. The highest BCUT2D eigenvalue weighted by Gasteiger charge is 2.23. The van der Waals surface area contributed by atoms with Gasteiger partial charge in [-0.05, 0) is 51.1 Å². The maximum Gasteiger partial charge on any atom is 0.255 e. The maximum atomic E-state index is 12.6. The highest BCUT2D eigenvalue weighted by atomic mass is 16.1. The number of carbonyl (C=O) groups is 2. The fourth-order valence-electron chi connectivity index (χ4n) is 2.55. The summed E-state index contributed by atoms with van der Waals surface area (Å²) in [4.78, 5) is 25.0. The van der Waals surface area contributed by atoms with Crippen LogP contribution in [0.4, 0.5) is 11.4 Å². The largest absolute Gasteiger partial charge is 0.380 e. The van der Waals surface area contributed by atoms with E-state index in [1.165, 1.54) is 0 Å². The summed E-state index contributed by atoms with van der Waals surface area (Å²) >= 11 is 0. The number of nitrogens with one attached hydrogen (secondary N) is 2. The van der Waals surface area contributed by atoms with Crippen LogP contribution in [0.1, 0.15) is 62.3 Å². The molecule has 0 fully saturated rings. The summed E-state index contributed by atoms with van der Waals surface area (Å²) in [6.45, 7) is 11.9. The number of carbonyl (C=O) groups excluding carboxylic acids is 2. The molecule has 4 nitrogen and oxygen atoms in total. The van der Waals surface area contributed by atoms with E-state index in [0.29, 0.717) is 16.8 Å². The summed E-state index contributed by atoms with van der Waals surface area (Å²) in [6, 6.07) is 14.5. The number of anilines is 2. The molecule has 2 N–H and O–H groups in total. The van der Waals surface area contributed by atoms with E-state index < -0.39 is 5.41 Å². The minimum Gasteiger partial charge on any atom is -0.380 e. The van der Waals surface area contributed by atoms with Crippen LogP contribution in [0.5, 0.6) is 0 Å². The molecule has 138 valence electrons. The highest BCUT2D eigenvalue weighted by Crippen LogP contribution is 2.22. The van der Waals surface area contributed by atoms with Crippen LogP contribution >= 0.6 is 0 Å². The van der Waals surface area contributed by atoms with E-state index in [0.717, 1.165) is 5.69 Å². The van der Waals surface area contributed by atoms with Crippen molar-refractivity contribution in [1.29, 1.82) is 0 Å². The Morgan fingerprint density at radius 1 is 0.769 bits per heavy atom. The molecule has 26 heavy (non-hydrogen) atoms. The van der Waals surface area contributed by atoms with Gasteiger partial charge >= 0.3 is 0 Å². The number of amides is 1. The van der Waals surface area contributed by atoms with Gasteiger partial charge < -0.3 is 10.6 Å². The van der Waals surface area contributed by atoms with E-state index in [2.05, 4.69) is 31.4 Å². The van der Waals surface area contributed by atoms with Gasteiger partial charge in [-0.1, -0.05) is 39.0 Å². The fourth-order valence-corrected chi connectivity index (χ4v) is 2.55. The topological polar surface area (TPSA) is 58.2 Å². The average molecular weight is 352 g/mol. The molecule has 2 aromatic rings. The second-order valence-corrected chi connectivity index (χ2v) is 8.57. The van der Waals surface area contributed by atoms with Crippen LogP contribution in [0.15, 0.2) is 48.5 Å². The molecule has 0 spiro atoms. The molecule has 0 saturated carbocycles. The van der Waals surface area contributed by atoms with Gasteiger partial charge in [0.05, 0.1) is 0 Å². The third-order valence-corrected chi connectivity index (χ3v) is 3.71. The number of Topliss-reactive ketones (excluding diaryl/α,β-unsaturated/α-hetero) is 1. The molecule has 2 aromatic carbocycles. The Hall–Kier alpha value is -2.62. The SMILES string of the molecule is CC(C)(C)Nc1cccc(NC(=O)c2cccc(C(=O)C(C)(C)C)c2)c1. The molecule has 4 heteroatoms. The van der Waals surface area contributed by atoms with Gasteiger partial charge in [0, 0.05) is 33.5 Å². The van der Waals surface area contributed by atoms with Crippen LogP contribution in [0.2, 0.25) is 0 Å². The summed E-state index contributed by atoms with van der Waals surface area (Å²) in [5.41, 5.74) is 2.11. The van der Waals surface area contributed by atoms with Crippen LogP contribution in [0.3, 0.4) is 0 Å². The Bertz CT molecular complexity index is 811. The number of benzene rings is 2. The molecule has 0 aliphatic rings. The van der Waals surface area contributed by atoms with Crippen LogP contribution in [0, 0.1) is 5.41 Å². The van der Waals surface area contributed by atoms with Gasteiger partial charge in [0.2, 0.25) is 0 Å². The van der Waals surface area contributed by atoms with Crippen molar-refractivity contribution in [2.75, 3.05) is 10.6 Å². The standard InChI is InChI=1S/C22H28N2O2/c1-21(2,3)19(25)15-9-7-10-16(13-15)20(26)23-17-11-8-12-18(14-17)24-22(4,5)6/h7-14,24H,1-6H3,(H,23,26). The number of hydrogen-bond donors (Lipinski definition) is 2. The molecule has 2 rings (SSSR count). The zero-order valence-electron chi connectivity index (χ0n) is 16.4. The average Bonchev–Trinajstić information content (AvgIpc) is 2.52. The molecule has 0 saturated heterocycles. The van der Waals surface area contributed by atoms with Gasteiger partial charge in [-0.2, -0.15) is 0 Å². The van der Waals surface area contributed by atoms with E-state index >= 15 is 0 Å². The van der Waals surface area contributed by atoms with Gasteiger partial charge in [-0.3, -0.25) is 9.59 Å². The molecule has 0 aliphatic heterocycles. The van der Waals surface area contributed by atoms with E-state index in [9.17, 15) is 9.59 Å². The van der Waals surface area contributed by atoms with Crippen molar-refractivity contribution in [3.05, 3.63) is 59.7 Å². The maximum absolute atomic E-state index is 12.6. The minimum absolute atomic E-state index is 0.0172. The number of rotatable bonds is 4. The van der Waals surface area contributed by atoms with Crippen molar-refractivity contribution in [3.8, 4) is 0 Å². The molecule has 1 amide bonds. The van der Waals surface area contributed by atoms with Crippen molar-refractivity contribution in [2.45, 2.75) is 47.1 Å². The van der Waals surface area contributed by atoms with E-state index in [1.54, 1.807) is 24.3 Å². The van der Waals surface area contributed by atoms with Gasteiger partial charge in [0.15, 0.2) is 5.78 Å². The van der Waals surface area contributed by atoms with E-state index in [-0.39, 0.29) is 17.2 Å². The first kappa shape index (κ1) is 19.7. The molecule has 0 bridgehead atoms. The van der Waals surface area contributed by atoms with Gasteiger partial charge in [-0.15, -0.1) is 0 Å². The van der Waals surface area contributed by atoms with Crippen LogP contribution in [-0.4, -0.2) is 17.2 Å². The minimum atomic E-state index is -0.484. The third kappa shape index (κ3) is 5.45. The zero-order valence-corrected chi connectivity index (χ0v) is 16.4. The van der Waals surface area contributed by atoms with Crippen LogP contribution < -0.4 is 10.6 Å². The predicted octanol–water partition coefficient (Wildman–Crippen LogP) is 5.38. The molecule has 0 aliphatic carbocycles. The zero-order chi connectivity index (χ0) is 19.5. The van der Waals surface area contributed by atoms with Crippen molar-refractivity contribution < 1.29 is 9.59 Å². The summed E-state index contributed by atoms with van der Waals surface area (Å²) < 4.78 is 0. The first-order valence-electron chi connectivity index (χ1n) is 8.80. The summed E-state index contributed by atoms with van der Waals surface area (Å²) in [7, 11) is 0. The van der Waals surface area contributed by atoms with Gasteiger partial charge in [0.1, 0.15) is 0 Å². The lowest BCUT2D eigenvalue weighted by molar-refractivity contribution is 0.0858. The second-order valence-electron chi connectivity index (χ2n) is 8.57. The molecular formula is C22H28N2O2. The molecule has 0 unspecified atom stereocenters. The second kappa shape index (κ2) is 7.32. The Morgan fingerprint density at radius 3 is 1.96 bits per heavy atom. The Balaban J connectivity index is 2.18. The van der Waals surface area contributed by atoms with Gasteiger partial charge in [0.25, 0.3) is 5.91 Å². The molecular weight excluding hydrogens is 324 g/mol. The van der Waals surface area contributed by atoms with Crippen molar-refractivity contribution in [1.82, 2.24) is 0 Å². The molecule has 0 radical (unpaired) electrons. The lowest BCUT2D eigenvalue weighted by atomic mass is 9.86. The Labute approximate surface area is 156 Å². The lowest BCUT2D eigenvalue weighted by Crippen LogP contribution is -2.26. The number of hydrogen-bond acceptors (Lipinski definition) is 3. The van der Waals surface area contributed by atoms with Crippen LogP contribution in [-0.2, 0) is 0 Å². The smallest absolute Gasteiger partial charge is 0.255 e. The first-order chi connectivity index (χ1) is 12.0. The Morgan fingerprint density at radius 2 is 1.35 bits per heavy atom. The summed E-state index contributed by atoms with van der Waals surface area (Å²) in [6.07, 6.45) is 0. The quantitative estimate of drug-likeness (QED) is 0.727. The van der Waals surface area contributed by atoms with Crippen LogP contribution in [0.25, 0.3) is 0 Å². The molecule has 0 atom stereocenters. The molecule has 0 heterocycles.